The minimum Gasteiger partial charge on any atom is -0.360 e. The minimum atomic E-state index is -0.182. The first kappa shape index (κ1) is 21.6. The van der Waals surface area contributed by atoms with Crippen LogP contribution in [-0.4, -0.2) is 35.1 Å². The van der Waals surface area contributed by atoms with E-state index in [0.29, 0.717) is 18.0 Å². The maximum absolute atomic E-state index is 12.8. The van der Waals surface area contributed by atoms with Crippen molar-refractivity contribution < 1.29 is 14.1 Å². The maximum atomic E-state index is 12.8. The first-order chi connectivity index (χ1) is 15.0. The Hall–Kier alpha value is -2.67. The zero-order chi connectivity index (χ0) is 21.8. The summed E-state index contributed by atoms with van der Waals surface area (Å²) in [6.07, 6.45) is 5.83. The molecule has 2 amide bonds. The lowest BCUT2D eigenvalue weighted by Gasteiger charge is -2.37. The maximum Gasteiger partial charge on any atom is 0.273 e. The van der Waals surface area contributed by atoms with Crippen molar-refractivity contribution in [3.63, 3.8) is 0 Å². The van der Waals surface area contributed by atoms with Crippen LogP contribution in [-0.2, 0) is 11.2 Å². The second kappa shape index (κ2) is 9.64. The van der Waals surface area contributed by atoms with E-state index < -0.39 is 0 Å². The Morgan fingerprint density at radius 2 is 1.94 bits per heavy atom. The molecule has 1 aromatic carbocycles. The molecule has 0 radical (unpaired) electrons. The predicted molar refractivity (Wildman–Crippen MR) is 117 cm³/mol. The Kier molecular flexibility index (Phi) is 6.70. The third-order valence-corrected chi connectivity index (χ3v) is 6.25. The highest BCUT2D eigenvalue weighted by atomic mass is 16.5. The number of hydrogen-bond acceptors (Lipinski definition) is 5. The highest BCUT2D eigenvalue weighted by molar-refractivity contribution is 5.92. The van der Waals surface area contributed by atoms with E-state index in [0.717, 1.165) is 44.3 Å². The zero-order valence-corrected chi connectivity index (χ0v) is 18.0. The summed E-state index contributed by atoms with van der Waals surface area (Å²) in [6.45, 7) is 1.84. The molecule has 0 saturated heterocycles. The lowest BCUT2D eigenvalue weighted by molar-refractivity contribution is -0.122. The predicted octanol–water partition coefficient (Wildman–Crippen LogP) is 2.92. The summed E-state index contributed by atoms with van der Waals surface area (Å²) < 4.78 is 5.35. The molecule has 0 aliphatic heterocycles. The second-order valence-corrected chi connectivity index (χ2v) is 9.18. The number of rotatable bonds is 8. The zero-order valence-electron chi connectivity index (χ0n) is 18.0. The van der Waals surface area contributed by atoms with E-state index in [1.165, 1.54) is 5.56 Å². The Balaban J connectivity index is 1.41. The molecule has 2 aliphatic carbocycles. The van der Waals surface area contributed by atoms with Gasteiger partial charge in [-0.05, 0) is 56.9 Å². The number of amides is 2. The fourth-order valence-corrected chi connectivity index (χ4v) is 4.51. The van der Waals surface area contributed by atoms with Crippen molar-refractivity contribution in [2.75, 3.05) is 0 Å². The average molecular weight is 425 g/mol. The number of nitrogens with zero attached hydrogens (tertiary/aromatic N) is 1. The summed E-state index contributed by atoms with van der Waals surface area (Å²) >= 11 is 0. The molecule has 2 fully saturated rings. The van der Waals surface area contributed by atoms with Gasteiger partial charge >= 0.3 is 0 Å². The van der Waals surface area contributed by atoms with E-state index >= 15 is 0 Å². The topological polar surface area (TPSA) is 110 Å². The molecule has 7 nitrogen and oxygen atoms in total. The average Bonchev–Trinajstić information content (AvgIpc) is 3.46. The van der Waals surface area contributed by atoms with Crippen LogP contribution in [0.4, 0.5) is 0 Å². The van der Waals surface area contributed by atoms with Crippen LogP contribution in [0.15, 0.2) is 40.9 Å². The number of nitrogens with two attached hydrogens (primary N) is 1. The molecule has 0 bridgehead atoms. The Morgan fingerprint density at radius 1 is 1.16 bits per heavy atom. The van der Waals surface area contributed by atoms with Crippen LogP contribution in [0.5, 0.6) is 0 Å². The van der Waals surface area contributed by atoms with E-state index in [9.17, 15) is 9.59 Å². The Morgan fingerprint density at radius 3 is 2.65 bits per heavy atom. The molecule has 2 aromatic rings. The van der Waals surface area contributed by atoms with E-state index in [4.69, 9.17) is 10.3 Å². The Bertz CT molecular complexity index is 891. The minimum absolute atomic E-state index is 0.00357. The molecule has 7 heteroatoms. The van der Waals surface area contributed by atoms with Crippen LogP contribution < -0.4 is 16.4 Å². The second-order valence-electron chi connectivity index (χ2n) is 9.18. The summed E-state index contributed by atoms with van der Waals surface area (Å²) in [4.78, 5) is 25.0. The third-order valence-electron chi connectivity index (χ3n) is 6.25. The molecule has 1 aromatic heterocycles. The van der Waals surface area contributed by atoms with Gasteiger partial charge < -0.3 is 20.9 Å². The number of carbonyl (C=O) groups is 2. The third kappa shape index (κ3) is 5.94. The number of carbonyl (C=O) groups excluding carboxylic acids is 2. The molecule has 166 valence electrons. The summed E-state index contributed by atoms with van der Waals surface area (Å²) in [5.41, 5.74) is 7.35. The van der Waals surface area contributed by atoms with Crippen LogP contribution in [0.3, 0.4) is 0 Å². The van der Waals surface area contributed by atoms with Gasteiger partial charge in [-0.3, -0.25) is 9.59 Å². The molecule has 4 rings (SSSR count). The summed E-state index contributed by atoms with van der Waals surface area (Å²) in [6, 6.07) is 12.0. The van der Waals surface area contributed by atoms with Gasteiger partial charge in [-0.2, -0.15) is 0 Å². The van der Waals surface area contributed by atoms with Crippen LogP contribution in [0.2, 0.25) is 0 Å². The van der Waals surface area contributed by atoms with Crippen LogP contribution in [0, 0.1) is 5.92 Å². The fraction of sp³-hybridized carbons (Fsp3) is 0.542. The monoisotopic (exact) mass is 424 g/mol. The van der Waals surface area contributed by atoms with Gasteiger partial charge in [0.25, 0.3) is 5.91 Å². The van der Waals surface area contributed by atoms with Gasteiger partial charge in [0.2, 0.25) is 5.91 Å². The molecule has 4 N–H and O–H groups in total. The van der Waals surface area contributed by atoms with E-state index in [-0.39, 0.29) is 35.9 Å². The standard InChI is InChI=1S/C24H32N4O3/c1-15(25)11-23(29)26-19-9-10-20(18(13-19)12-16-5-3-2-4-6-16)27-24(30)21-14-22(31-28-21)17-7-8-17/h2-6,14-15,17-20H,7-13,25H2,1H3,(H,26,29)(H,27,30)/t15-,18+,19-,20-/m1/s1. The molecule has 2 saturated carbocycles. The summed E-state index contributed by atoms with van der Waals surface area (Å²) in [7, 11) is 0. The van der Waals surface area contributed by atoms with Gasteiger partial charge in [0.1, 0.15) is 5.76 Å². The number of benzene rings is 1. The summed E-state index contributed by atoms with van der Waals surface area (Å²) in [5, 5.41) is 10.3. The van der Waals surface area contributed by atoms with Gasteiger partial charge in [-0.25, -0.2) is 0 Å². The highest BCUT2D eigenvalue weighted by Gasteiger charge is 2.34. The molecule has 4 atom stereocenters. The number of nitrogens with one attached hydrogen (secondary N) is 2. The Labute approximate surface area is 183 Å². The SMILES string of the molecule is C[C@@H](N)CC(=O)N[C@@H]1CC[C@@H](NC(=O)c2cc(C3CC3)on2)[C@@H](Cc2ccccc2)C1. The van der Waals surface area contributed by atoms with Crippen molar-refractivity contribution in [1.29, 1.82) is 0 Å². The molecular weight excluding hydrogens is 392 g/mol. The van der Waals surface area contributed by atoms with E-state index in [1.54, 1.807) is 6.07 Å². The van der Waals surface area contributed by atoms with Gasteiger partial charge in [-0.1, -0.05) is 35.5 Å². The molecule has 0 spiro atoms. The molecule has 0 unspecified atom stereocenters. The van der Waals surface area contributed by atoms with Crippen molar-refractivity contribution in [1.82, 2.24) is 15.8 Å². The largest absolute Gasteiger partial charge is 0.360 e. The first-order valence-electron chi connectivity index (χ1n) is 11.3. The van der Waals surface area contributed by atoms with E-state index in [2.05, 4.69) is 27.9 Å². The van der Waals surface area contributed by atoms with Crippen LogP contribution in [0.1, 0.15) is 73.2 Å². The van der Waals surface area contributed by atoms with E-state index in [1.807, 2.05) is 25.1 Å². The number of hydrogen-bond donors (Lipinski definition) is 3. The van der Waals surface area contributed by atoms with Crippen molar-refractivity contribution in [2.45, 2.75) is 75.9 Å². The molecule has 2 aliphatic rings. The van der Waals surface area contributed by atoms with Gasteiger partial charge in [0, 0.05) is 36.5 Å². The first-order valence-corrected chi connectivity index (χ1v) is 11.3. The molecule has 1 heterocycles. The highest BCUT2D eigenvalue weighted by Crippen LogP contribution is 2.40. The van der Waals surface area contributed by atoms with Gasteiger partial charge in [0.15, 0.2) is 5.69 Å². The van der Waals surface area contributed by atoms with Gasteiger partial charge in [0.05, 0.1) is 0 Å². The normalized spacial score (nSPS) is 24.4. The van der Waals surface area contributed by atoms with Crippen molar-refractivity contribution in [2.24, 2.45) is 11.7 Å². The van der Waals surface area contributed by atoms with Crippen LogP contribution >= 0.6 is 0 Å². The molecule has 31 heavy (non-hydrogen) atoms. The van der Waals surface area contributed by atoms with Crippen molar-refractivity contribution in [3.8, 4) is 0 Å². The van der Waals surface area contributed by atoms with Crippen molar-refractivity contribution in [3.05, 3.63) is 53.4 Å². The fourth-order valence-electron chi connectivity index (χ4n) is 4.51. The molecular formula is C24H32N4O3. The number of aromatic nitrogens is 1. The van der Waals surface area contributed by atoms with Gasteiger partial charge in [-0.15, -0.1) is 0 Å². The van der Waals surface area contributed by atoms with Crippen molar-refractivity contribution >= 4 is 11.8 Å². The lowest BCUT2D eigenvalue weighted by atomic mass is 9.78. The quantitative estimate of drug-likeness (QED) is 0.603. The van der Waals surface area contributed by atoms with Crippen LogP contribution in [0.25, 0.3) is 0 Å². The summed E-state index contributed by atoms with van der Waals surface area (Å²) in [5.74, 6) is 1.27. The smallest absolute Gasteiger partial charge is 0.273 e. The lowest BCUT2D eigenvalue weighted by Crippen LogP contribution is -2.49.